The average Bonchev–Trinajstić information content (AvgIpc) is 3.66. The Kier molecular flexibility index (Phi) is 10.8. The molecule has 2 aliphatic rings. The molecule has 0 aromatic heterocycles. The van der Waals surface area contributed by atoms with E-state index in [4.69, 9.17) is 14.2 Å². The first-order chi connectivity index (χ1) is 21.5. The summed E-state index contributed by atoms with van der Waals surface area (Å²) in [7, 11) is 1.54. The van der Waals surface area contributed by atoms with Crippen molar-refractivity contribution in [2.75, 3.05) is 43.7 Å². The normalized spacial score (nSPS) is 15.5. The molecule has 232 valence electrons. The molecule has 3 aromatic rings. The summed E-state index contributed by atoms with van der Waals surface area (Å²) < 4.78 is 17.6. The van der Waals surface area contributed by atoms with Gasteiger partial charge in [0.25, 0.3) is 5.91 Å². The van der Waals surface area contributed by atoms with Gasteiger partial charge in [-0.25, -0.2) is 4.79 Å². The molecule has 1 saturated heterocycles. The summed E-state index contributed by atoms with van der Waals surface area (Å²) >= 11 is 3.77. The standard InChI is InChI=1S/C35H40N2O5S2/c1-5-19-41-32-21-29(27(20-31(32)40-4)33(38)37-18-12-17-30(37)34(43-6-2)44-7-3)36-35(39)42-22-28-25-15-10-8-13-23(25)24-14-9-11-16-26(24)28/h5,8-11,13-16,20-21,28,30,34H,1,6-7,12,17-19,22H2,2-4H3,(H,36,39)/t30-/m0/s1. The van der Waals surface area contributed by atoms with Crippen LogP contribution in [-0.2, 0) is 4.74 Å². The molecular weight excluding hydrogens is 593 g/mol. The van der Waals surface area contributed by atoms with E-state index in [1.165, 1.54) is 7.11 Å². The Balaban J connectivity index is 1.40. The van der Waals surface area contributed by atoms with Crippen LogP contribution in [0.4, 0.5) is 10.5 Å². The van der Waals surface area contributed by atoms with Crippen molar-refractivity contribution < 1.29 is 23.8 Å². The van der Waals surface area contributed by atoms with E-state index in [0.717, 1.165) is 46.6 Å². The van der Waals surface area contributed by atoms with Crippen molar-refractivity contribution in [3.8, 4) is 22.6 Å². The minimum absolute atomic E-state index is 0.0778. The minimum Gasteiger partial charge on any atom is -0.493 e. The molecule has 1 aliphatic carbocycles. The van der Waals surface area contributed by atoms with Crippen molar-refractivity contribution in [1.29, 1.82) is 0 Å². The lowest BCUT2D eigenvalue weighted by molar-refractivity contribution is 0.0746. The van der Waals surface area contributed by atoms with Crippen molar-refractivity contribution in [2.45, 2.75) is 43.2 Å². The monoisotopic (exact) mass is 632 g/mol. The number of methoxy groups -OCH3 is 1. The molecule has 0 radical (unpaired) electrons. The van der Waals surface area contributed by atoms with Crippen LogP contribution in [0.3, 0.4) is 0 Å². The molecule has 0 unspecified atom stereocenters. The molecule has 0 spiro atoms. The van der Waals surface area contributed by atoms with Gasteiger partial charge in [0.15, 0.2) is 11.5 Å². The van der Waals surface area contributed by atoms with Gasteiger partial charge in [-0.05, 0) is 52.7 Å². The largest absolute Gasteiger partial charge is 0.493 e. The first-order valence-corrected chi connectivity index (χ1v) is 17.2. The first-order valence-electron chi connectivity index (χ1n) is 15.1. The second kappa shape index (κ2) is 14.9. The molecule has 7 nitrogen and oxygen atoms in total. The van der Waals surface area contributed by atoms with Crippen LogP contribution in [0.25, 0.3) is 11.1 Å². The molecule has 0 bridgehead atoms. The number of thioether (sulfide) groups is 2. The Morgan fingerprint density at radius 1 is 1.02 bits per heavy atom. The summed E-state index contributed by atoms with van der Waals surface area (Å²) in [5.41, 5.74) is 5.24. The van der Waals surface area contributed by atoms with Crippen LogP contribution in [0.5, 0.6) is 11.5 Å². The Hall–Kier alpha value is -3.56. The highest BCUT2D eigenvalue weighted by molar-refractivity contribution is 8.17. The van der Waals surface area contributed by atoms with Crippen LogP contribution in [0, 0.1) is 0 Å². The van der Waals surface area contributed by atoms with Gasteiger partial charge in [0.1, 0.15) is 13.2 Å². The number of rotatable bonds is 13. The highest BCUT2D eigenvalue weighted by Gasteiger charge is 2.37. The van der Waals surface area contributed by atoms with Crippen LogP contribution in [0.1, 0.15) is 54.1 Å². The van der Waals surface area contributed by atoms with Crippen LogP contribution in [-0.4, -0.2) is 65.9 Å². The van der Waals surface area contributed by atoms with Gasteiger partial charge in [-0.3, -0.25) is 10.1 Å². The Labute approximate surface area is 268 Å². The molecule has 44 heavy (non-hydrogen) atoms. The van der Waals surface area contributed by atoms with Crippen LogP contribution in [0.2, 0.25) is 0 Å². The van der Waals surface area contributed by atoms with Gasteiger partial charge in [0, 0.05) is 18.5 Å². The number of hydrogen-bond donors (Lipinski definition) is 1. The van der Waals surface area contributed by atoms with Gasteiger partial charge in [0.05, 0.1) is 29.0 Å². The molecule has 9 heteroatoms. The zero-order valence-corrected chi connectivity index (χ0v) is 27.2. The van der Waals surface area contributed by atoms with Gasteiger partial charge < -0.3 is 19.1 Å². The molecule has 1 fully saturated rings. The SMILES string of the molecule is C=CCOc1cc(NC(=O)OCC2c3ccccc3-c3ccccc32)c(C(=O)N2CCC[C@H]2C(SCC)SCC)cc1OC. The quantitative estimate of drug-likeness (QED) is 0.151. The van der Waals surface area contributed by atoms with Gasteiger partial charge in [-0.1, -0.05) is 75.0 Å². The van der Waals surface area contributed by atoms with Crippen molar-refractivity contribution in [3.63, 3.8) is 0 Å². The summed E-state index contributed by atoms with van der Waals surface area (Å²) in [4.78, 5) is 29.5. The minimum atomic E-state index is -0.639. The zero-order chi connectivity index (χ0) is 31.1. The van der Waals surface area contributed by atoms with E-state index in [2.05, 4.69) is 50.0 Å². The number of hydrogen-bond acceptors (Lipinski definition) is 7. The second-order valence-electron chi connectivity index (χ2n) is 10.6. The van der Waals surface area contributed by atoms with E-state index < -0.39 is 6.09 Å². The first kappa shape index (κ1) is 31.9. The summed E-state index contributed by atoms with van der Waals surface area (Å²) in [6.07, 6.45) is 2.88. The number of ether oxygens (including phenoxy) is 3. The van der Waals surface area contributed by atoms with E-state index in [-0.39, 0.29) is 35.7 Å². The van der Waals surface area contributed by atoms with E-state index in [9.17, 15) is 9.59 Å². The maximum Gasteiger partial charge on any atom is 0.411 e. The number of nitrogens with zero attached hydrogens (tertiary/aromatic N) is 1. The Bertz CT molecular complexity index is 1440. The third-order valence-electron chi connectivity index (χ3n) is 8.01. The number of likely N-dealkylation sites (tertiary alicyclic amines) is 1. The molecule has 3 aromatic carbocycles. The lowest BCUT2D eigenvalue weighted by Crippen LogP contribution is -2.41. The number of carbonyl (C=O) groups is 2. The summed E-state index contributed by atoms with van der Waals surface area (Å²) in [6, 6.07) is 19.8. The molecule has 1 aliphatic heterocycles. The van der Waals surface area contributed by atoms with Crippen LogP contribution >= 0.6 is 23.5 Å². The smallest absolute Gasteiger partial charge is 0.411 e. The summed E-state index contributed by atoms with van der Waals surface area (Å²) in [5, 5.41) is 2.87. The van der Waals surface area contributed by atoms with E-state index in [1.807, 2.05) is 52.7 Å². The molecule has 1 heterocycles. The predicted molar refractivity (Wildman–Crippen MR) is 181 cm³/mol. The topological polar surface area (TPSA) is 77.1 Å². The average molecular weight is 633 g/mol. The van der Waals surface area contributed by atoms with E-state index in [1.54, 1.807) is 18.2 Å². The van der Waals surface area contributed by atoms with Gasteiger partial charge in [0.2, 0.25) is 0 Å². The fourth-order valence-electron chi connectivity index (χ4n) is 6.09. The van der Waals surface area contributed by atoms with Crippen molar-refractivity contribution in [1.82, 2.24) is 4.90 Å². The lowest BCUT2D eigenvalue weighted by atomic mass is 9.98. The van der Waals surface area contributed by atoms with Crippen LogP contribution < -0.4 is 14.8 Å². The molecule has 1 N–H and O–H groups in total. The zero-order valence-electron chi connectivity index (χ0n) is 25.5. The number of fused-ring (bicyclic) bond motifs is 3. The van der Waals surface area contributed by atoms with Gasteiger partial charge in [-0.15, -0.1) is 23.5 Å². The summed E-state index contributed by atoms with van der Waals surface area (Å²) in [6.45, 7) is 9.10. The van der Waals surface area contributed by atoms with Crippen molar-refractivity contribution in [2.24, 2.45) is 0 Å². The maximum atomic E-state index is 14.2. The molecule has 0 saturated carbocycles. The molecule has 5 rings (SSSR count). The fourth-order valence-corrected chi connectivity index (χ4v) is 8.96. The number of anilines is 1. The fraction of sp³-hybridized carbons (Fsp3) is 0.371. The second-order valence-corrected chi connectivity index (χ2v) is 13.7. The highest BCUT2D eigenvalue weighted by atomic mass is 32.2. The van der Waals surface area contributed by atoms with E-state index >= 15 is 0 Å². The van der Waals surface area contributed by atoms with Gasteiger partial charge in [-0.2, -0.15) is 0 Å². The molecule has 2 amide bonds. The Morgan fingerprint density at radius 3 is 2.30 bits per heavy atom. The lowest BCUT2D eigenvalue weighted by Gasteiger charge is -2.31. The number of amides is 2. The summed E-state index contributed by atoms with van der Waals surface area (Å²) in [5.74, 6) is 2.55. The Morgan fingerprint density at radius 2 is 1.68 bits per heavy atom. The molecular formula is C35H40N2O5S2. The predicted octanol–water partition coefficient (Wildman–Crippen LogP) is 8.06. The number of benzene rings is 3. The van der Waals surface area contributed by atoms with E-state index in [0.29, 0.717) is 29.3 Å². The number of carbonyl (C=O) groups excluding carboxylic acids is 2. The highest BCUT2D eigenvalue weighted by Crippen LogP contribution is 2.45. The third kappa shape index (κ3) is 6.74. The number of nitrogens with one attached hydrogen (secondary N) is 1. The van der Waals surface area contributed by atoms with Crippen LogP contribution in [0.15, 0.2) is 73.3 Å². The van der Waals surface area contributed by atoms with Crippen molar-refractivity contribution in [3.05, 3.63) is 90.0 Å². The maximum absolute atomic E-state index is 14.2. The molecule has 1 atom stereocenters. The van der Waals surface area contributed by atoms with Gasteiger partial charge >= 0.3 is 6.09 Å². The third-order valence-corrected chi connectivity index (χ3v) is 10.8. The van der Waals surface area contributed by atoms with Crippen molar-refractivity contribution >= 4 is 41.2 Å².